The molecule has 0 amide bonds. The van der Waals surface area contributed by atoms with Gasteiger partial charge in [-0.05, 0) is 41.9 Å². The normalized spacial score (nSPS) is 13.7. The van der Waals surface area contributed by atoms with E-state index in [4.69, 9.17) is 11.6 Å². The molecule has 2 nitrogen and oxygen atoms in total. The van der Waals surface area contributed by atoms with Crippen LogP contribution in [0.4, 0.5) is 5.69 Å². The molecule has 2 aromatic carbocycles. The lowest BCUT2D eigenvalue weighted by Crippen LogP contribution is -2.18. The van der Waals surface area contributed by atoms with E-state index in [9.17, 15) is 0 Å². The Bertz CT molecular complexity index is 570. The molecule has 0 saturated heterocycles. The van der Waals surface area contributed by atoms with Crippen molar-refractivity contribution in [3.05, 3.63) is 64.2 Å². The van der Waals surface area contributed by atoms with Crippen LogP contribution in [0.25, 0.3) is 0 Å². The van der Waals surface area contributed by atoms with Gasteiger partial charge in [0.15, 0.2) is 0 Å². The second kappa shape index (κ2) is 5.24. The van der Waals surface area contributed by atoms with Gasteiger partial charge in [0.2, 0.25) is 0 Å². The second-order valence-corrected chi connectivity index (χ2v) is 5.36. The molecule has 0 aliphatic carbocycles. The molecule has 0 radical (unpaired) electrons. The van der Waals surface area contributed by atoms with Crippen molar-refractivity contribution < 1.29 is 0 Å². The Balaban J connectivity index is 1.92. The van der Waals surface area contributed by atoms with Gasteiger partial charge < -0.3 is 10.2 Å². The SMILES string of the molecule is CNCc1cc(Cl)ccc1N1Cc2ccccc2C1. The summed E-state index contributed by atoms with van der Waals surface area (Å²) in [5.74, 6) is 0. The molecule has 1 heterocycles. The summed E-state index contributed by atoms with van der Waals surface area (Å²) in [6, 6.07) is 14.8. The van der Waals surface area contributed by atoms with Crippen molar-refractivity contribution in [1.29, 1.82) is 0 Å². The van der Waals surface area contributed by atoms with Crippen LogP contribution >= 0.6 is 11.6 Å². The van der Waals surface area contributed by atoms with E-state index in [1.165, 1.54) is 22.4 Å². The average Bonchev–Trinajstić information content (AvgIpc) is 2.82. The number of anilines is 1. The highest BCUT2D eigenvalue weighted by atomic mass is 35.5. The number of hydrogen-bond acceptors (Lipinski definition) is 2. The van der Waals surface area contributed by atoms with E-state index in [2.05, 4.69) is 46.6 Å². The first-order chi connectivity index (χ1) is 9.28. The van der Waals surface area contributed by atoms with E-state index in [1.54, 1.807) is 0 Å². The summed E-state index contributed by atoms with van der Waals surface area (Å²) < 4.78 is 0. The fourth-order valence-corrected chi connectivity index (χ4v) is 2.89. The largest absolute Gasteiger partial charge is 0.363 e. The molecular formula is C16H17ClN2. The van der Waals surface area contributed by atoms with Gasteiger partial charge in [-0.25, -0.2) is 0 Å². The number of halogens is 1. The molecule has 0 unspecified atom stereocenters. The fraction of sp³-hybridized carbons (Fsp3) is 0.250. The first-order valence-electron chi connectivity index (χ1n) is 6.52. The standard InChI is InChI=1S/C16H17ClN2/c1-18-9-14-8-15(17)6-7-16(14)19-10-12-4-2-3-5-13(12)11-19/h2-8,18H,9-11H2,1H3. The van der Waals surface area contributed by atoms with E-state index in [1.807, 2.05) is 13.1 Å². The van der Waals surface area contributed by atoms with Crippen molar-refractivity contribution >= 4 is 17.3 Å². The molecule has 0 aromatic heterocycles. The Morgan fingerprint density at radius 3 is 2.42 bits per heavy atom. The number of nitrogens with zero attached hydrogens (tertiary/aromatic N) is 1. The Labute approximate surface area is 119 Å². The van der Waals surface area contributed by atoms with Crippen molar-refractivity contribution in [3.63, 3.8) is 0 Å². The Morgan fingerprint density at radius 2 is 1.79 bits per heavy atom. The van der Waals surface area contributed by atoms with Crippen LogP contribution in [0.2, 0.25) is 5.02 Å². The molecule has 2 aromatic rings. The third-order valence-electron chi connectivity index (χ3n) is 3.59. The van der Waals surface area contributed by atoms with E-state index < -0.39 is 0 Å². The summed E-state index contributed by atoms with van der Waals surface area (Å²) in [6.07, 6.45) is 0. The van der Waals surface area contributed by atoms with Gasteiger partial charge in [0, 0.05) is 30.3 Å². The monoisotopic (exact) mass is 272 g/mol. The van der Waals surface area contributed by atoms with Crippen molar-refractivity contribution in [2.75, 3.05) is 11.9 Å². The first kappa shape index (κ1) is 12.5. The number of benzene rings is 2. The summed E-state index contributed by atoms with van der Waals surface area (Å²) in [4.78, 5) is 2.41. The Hall–Kier alpha value is -1.51. The van der Waals surface area contributed by atoms with Gasteiger partial charge in [-0.15, -0.1) is 0 Å². The number of hydrogen-bond donors (Lipinski definition) is 1. The van der Waals surface area contributed by atoms with Gasteiger partial charge in [-0.1, -0.05) is 35.9 Å². The third-order valence-corrected chi connectivity index (χ3v) is 3.83. The number of nitrogens with one attached hydrogen (secondary N) is 1. The van der Waals surface area contributed by atoms with Crippen LogP contribution in [0.15, 0.2) is 42.5 Å². The van der Waals surface area contributed by atoms with E-state index in [0.717, 1.165) is 24.7 Å². The van der Waals surface area contributed by atoms with Crippen LogP contribution in [-0.4, -0.2) is 7.05 Å². The minimum Gasteiger partial charge on any atom is -0.363 e. The van der Waals surface area contributed by atoms with E-state index in [0.29, 0.717) is 0 Å². The average molecular weight is 273 g/mol. The maximum absolute atomic E-state index is 6.10. The van der Waals surface area contributed by atoms with Crippen molar-refractivity contribution in [1.82, 2.24) is 5.32 Å². The van der Waals surface area contributed by atoms with Crippen LogP contribution in [-0.2, 0) is 19.6 Å². The summed E-state index contributed by atoms with van der Waals surface area (Å²) >= 11 is 6.10. The molecule has 0 bridgehead atoms. The quantitative estimate of drug-likeness (QED) is 0.919. The lowest BCUT2D eigenvalue weighted by atomic mass is 10.1. The smallest absolute Gasteiger partial charge is 0.0436 e. The summed E-state index contributed by atoms with van der Waals surface area (Å²) in [5.41, 5.74) is 5.37. The highest BCUT2D eigenvalue weighted by molar-refractivity contribution is 6.30. The van der Waals surface area contributed by atoms with Crippen LogP contribution in [0, 0.1) is 0 Å². The zero-order valence-corrected chi connectivity index (χ0v) is 11.7. The molecule has 1 aliphatic heterocycles. The maximum atomic E-state index is 6.10. The minimum atomic E-state index is 0.797. The highest BCUT2D eigenvalue weighted by Crippen LogP contribution is 2.31. The zero-order chi connectivity index (χ0) is 13.2. The lowest BCUT2D eigenvalue weighted by molar-refractivity contribution is 0.797. The van der Waals surface area contributed by atoms with Gasteiger partial charge in [0.05, 0.1) is 0 Å². The van der Waals surface area contributed by atoms with Crippen LogP contribution in [0.5, 0.6) is 0 Å². The third kappa shape index (κ3) is 2.46. The van der Waals surface area contributed by atoms with Gasteiger partial charge >= 0.3 is 0 Å². The zero-order valence-electron chi connectivity index (χ0n) is 11.0. The molecule has 0 saturated carbocycles. The molecule has 0 spiro atoms. The summed E-state index contributed by atoms with van der Waals surface area (Å²) in [7, 11) is 1.96. The number of rotatable bonds is 3. The van der Waals surface area contributed by atoms with Crippen molar-refractivity contribution in [2.24, 2.45) is 0 Å². The molecule has 3 rings (SSSR count). The molecule has 1 aliphatic rings. The van der Waals surface area contributed by atoms with Crippen LogP contribution in [0.1, 0.15) is 16.7 Å². The molecule has 19 heavy (non-hydrogen) atoms. The van der Waals surface area contributed by atoms with Gasteiger partial charge in [0.25, 0.3) is 0 Å². The van der Waals surface area contributed by atoms with E-state index in [-0.39, 0.29) is 0 Å². The highest BCUT2D eigenvalue weighted by Gasteiger charge is 2.20. The molecule has 1 N–H and O–H groups in total. The summed E-state index contributed by atoms with van der Waals surface area (Å²) in [6.45, 7) is 2.80. The van der Waals surface area contributed by atoms with Crippen LogP contribution < -0.4 is 10.2 Å². The summed E-state index contributed by atoms with van der Waals surface area (Å²) in [5, 5.41) is 4.01. The Kier molecular flexibility index (Phi) is 3.45. The minimum absolute atomic E-state index is 0.797. The molecule has 98 valence electrons. The van der Waals surface area contributed by atoms with Gasteiger partial charge in [-0.2, -0.15) is 0 Å². The molecule has 0 fully saturated rings. The number of fused-ring (bicyclic) bond motifs is 1. The molecule has 0 atom stereocenters. The van der Waals surface area contributed by atoms with Crippen molar-refractivity contribution in [3.8, 4) is 0 Å². The maximum Gasteiger partial charge on any atom is 0.0436 e. The van der Waals surface area contributed by atoms with Crippen LogP contribution in [0.3, 0.4) is 0 Å². The first-order valence-corrected chi connectivity index (χ1v) is 6.90. The molecule has 3 heteroatoms. The topological polar surface area (TPSA) is 15.3 Å². The Morgan fingerprint density at radius 1 is 1.11 bits per heavy atom. The lowest BCUT2D eigenvalue weighted by Gasteiger charge is -2.21. The predicted molar refractivity (Wildman–Crippen MR) is 80.5 cm³/mol. The predicted octanol–water partition coefficient (Wildman–Crippen LogP) is 3.58. The molecular weight excluding hydrogens is 256 g/mol. The second-order valence-electron chi connectivity index (χ2n) is 4.93. The van der Waals surface area contributed by atoms with Crippen molar-refractivity contribution in [2.45, 2.75) is 19.6 Å². The fourth-order valence-electron chi connectivity index (χ4n) is 2.70. The van der Waals surface area contributed by atoms with Gasteiger partial charge in [0.1, 0.15) is 0 Å². The van der Waals surface area contributed by atoms with E-state index >= 15 is 0 Å². The van der Waals surface area contributed by atoms with Gasteiger partial charge in [-0.3, -0.25) is 0 Å².